The fraction of sp³-hybridized carbons (Fsp3) is 0.478. The summed E-state index contributed by atoms with van der Waals surface area (Å²) in [7, 11) is 0. The van der Waals surface area contributed by atoms with Crippen molar-refractivity contribution in [2.75, 3.05) is 19.6 Å². The maximum atomic E-state index is 12.3. The fourth-order valence-corrected chi connectivity index (χ4v) is 4.50. The third kappa shape index (κ3) is 5.10. The zero-order valence-corrected chi connectivity index (χ0v) is 16.4. The van der Waals surface area contributed by atoms with E-state index >= 15 is 0 Å². The molecule has 2 amide bonds. The predicted octanol–water partition coefficient (Wildman–Crippen LogP) is 3.81. The number of likely N-dealkylation sites (tertiary alicyclic amines) is 1. The molecule has 28 heavy (non-hydrogen) atoms. The molecular weight excluding hydrogens is 348 g/mol. The number of aromatic nitrogens is 1. The first-order valence-corrected chi connectivity index (χ1v) is 10.5. The van der Waals surface area contributed by atoms with Gasteiger partial charge >= 0.3 is 6.03 Å². The number of carbonyl (C=O) groups excluding carboxylic acids is 1. The molecule has 1 aromatic carbocycles. The van der Waals surface area contributed by atoms with E-state index in [0.717, 1.165) is 42.1 Å². The SMILES string of the molecule is O=C(NCc1cccc(-c2ccncc2)c1)NC1CCN(CC2CCCC2)C1. The maximum Gasteiger partial charge on any atom is 0.315 e. The van der Waals surface area contributed by atoms with Gasteiger partial charge in [0.2, 0.25) is 0 Å². The van der Waals surface area contributed by atoms with Crippen molar-refractivity contribution in [3.63, 3.8) is 0 Å². The second-order valence-corrected chi connectivity index (χ2v) is 8.16. The molecule has 2 N–H and O–H groups in total. The van der Waals surface area contributed by atoms with Crippen molar-refractivity contribution in [2.45, 2.75) is 44.7 Å². The van der Waals surface area contributed by atoms with E-state index in [9.17, 15) is 4.79 Å². The zero-order chi connectivity index (χ0) is 19.2. The fourth-order valence-electron chi connectivity index (χ4n) is 4.50. The van der Waals surface area contributed by atoms with Crippen LogP contribution in [0.3, 0.4) is 0 Å². The number of amides is 2. The number of urea groups is 1. The molecule has 4 rings (SSSR count). The molecule has 1 aromatic heterocycles. The molecule has 5 nitrogen and oxygen atoms in total. The van der Waals surface area contributed by atoms with E-state index in [0.29, 0.717) is 6.54 Å². The Morgan fingerprint density at radius 1 is 1.07 bits per heavy atom. The van der Waals surface area contributed by atoms with E-state index in [1.54, 1.807) is 12.4 Å². The molecule has 5 heteroatoms. The van der Waals surface area contributed by atoms with Crippen LogP contribution in [0.15, 0.2) is 48.8 Å². The highest BCUT2D eigenvalue weighted by atomic mass is 16.2. The van der Waals surface area contributed by atoms with Crippen LogP contribution in [0.2, 0.25) is 0 Å². The van der Waals surface area contributed by atoms with Crippen molar-refractivity contribution in [2.24, 2.45) is 5.92 Å². The highest BCUT2D eigenvalue weighted by Gasteiger charge is 2.26. The summed E-state index contributed by atoms with van der Waals surface area (Å²) < 4.78 is 0. The quantitative estimate of drug-likeness (QED) is 0.804. The molecule has 0 radical (unpaired) electrons. The Bertz CT molecular complexity index is 773. The number of nitrogens with zero attached hydrogens (tertiary/aromatic N) is 2. The Labute approximate surface area is 167 Å². The van der Waals surface area contributed by atoms with Gasteiger partial charge < -0.3 is 15.5 Å². The predicted molar refractivity (Wildman–Crippen MR) is 112 cm³/mol. The van der Waals surface area contributed by atoms with Crippen LogP contribution in [0.25, 0.3) is 11.1 Å². The molecule has 2 fully saturated rings. The average molecular weight is 379 g/mol. The Morgan fingerprint density at radius 2 is 1.89 bits per heavy atom. The van der Waals surface area contributed by atoms with Crippen LogP contribution < -0.4 is 10.6 Å². The Hall–Kier alpha value is -2.40. The third-order valence-corrected chi connectivity index (χ3v) is 5.99. The van der Waals surface area contributed by atoms with Gasteiger partial charge in [-0.3, -0.25) is 4.98 Å². The molecule has 0 spiro atoms. The van der Waals surface area contributed by atoms with Gasteiger partial charge in [-0.1, -0.05) is 31.0 Å². The molecular formula is C23H30N4O. The monoisotopic (exact) mass is 378 g/mol. The van der Waals surface area contributed by atoms with Crippen LogP contribution in [-0.2, 0) is 6.54 Å². The van der Waals surface area contributed by atoms with Gasteiger partial charge in [0.1, 0.15) is 0 Å². The van der Waals surface area contributed by atoms with E-state index < -0.39 is 0 Å². The molecule has 2 aliphatic rings. The molecule has 1 unspecified atom stereocenters. The van der Waals surface area contributed by atoms with Gasteiger partial charge in [0, 0.05) is 44.6 Å². The summed E-state index contributed by atoms with van der Waals surface area (Å²) in [4.78, 5) is 18.9. The van der Waals surface area contributed by atoms with Gasteiger partial charge in [-0.05, 0) is 60.1 Å². The number of rotatable bonds is 6. The number of carbonyl (C=O) groups is 1. The number of hydrogen-bond acceptors (Lipinski definition) is 3. The van der Waals surface area contributed by atoms with Crippen LogP contribution in [0.4, 0.5) is 4.79 Å². The summed E-state index contributed by atoms with van der Waals surface area (Å²) in [6, 6.07) is 12.5. The molecule has 1 atom stereocenters. The highest BCUT2D eigenvalue weighted by molar-refractivity contribution is 5.74. The normalized spacial score (nSPS) is 20.4. The maximum absolute atomic E-state index is 12.3. The minimum Gasteiger partial charge on any atom is -0.334 e. The van der Waals surface area contributed by atoms with E-state index in [2.05, 4.69) is 32.7 Å². The average Bonchev–Trinajstić information content (AvgIpc) is 3.40. The Kier molecular flexibility index (Phi) is 6.22. The topological polar surface area (TPSA) is 57.3 Å². The molecule has 1 saturated heterocycles. The van der Waals surface area contributed by atoms with Crippen LogP contribution in [0, 0.1) is 5.92 Å². The van der Waals surface area contributed by atoms with Gasteiger partial charge in [0.25, 0.3) is 0 Å². The van der Waals surface area contributed by atoms with Crippen LogP contribution >= 0.6 is 0 Å². The molecule has 2 heterocycles. The lowest BCUT2D eigenvalue weighted by atomic mass is 10.0. The molecule has 0 bridgehead atoms. The lowest BCUT2D eigenvalue weighted by molar-refractivity contribution is 0.234. The summed E-state index contributed by atoms with van der Waals surface area (Å²) >= 11 is 0. The Morgan fingerprint density at radius 3 is 2.71 bits per heavy atom. The molecule has 148 valence electrons. The second-order valence-electron chi connectivity index (χ2n) is 8.16. The standard InChI is InChI=1S/C23H30N4O/c28-23(26-22-10-13-27(17-22)16-18-4-1-2-5-18)25-15-19-6-3-7-21(14-19)20-8-11-24-12-9-20/h3,6-9,11-12,14,18,22H,1-2,4-5,10,13,15-17H2,(H2,25,26,28). The minimum atomic E-state index is -0.0676. The van der Waals surface area contributed by atoms with E-state index in [1.165, 1.54) is 32.2 Å². The van der Waals surface area contributed by atoms with E-state index in [1.807, 2.05) is 24.3 Å². The number of pyridine rings is 1. The van der Waals surface area contributed by atoms with Crippen molar-refractivity contribution in [3.8, 4) is 11.1 Å². The van der Waals surface area contributed by atoms with Crippen molar-refractivity contribution in [1.82, 2.24) is 20.5 Å². The summed E-state index contributed by atoms with van der Waals surface area (Å²) in [5.41, 5.74) is 3.37. The number of hydrogen-bond donors (Lipinski definition) is 2. The van der Waals surface area contributed by atoms with Crippen LogP contribution in [-0.4, -0.2) is 41.6 Å². The third-order valence-electron chi connectivity index (χ3n) is 5.99. The lowest BCUT2D eigenvalue weighted by Gasteiger charge is -2.20. The van der Waals surface area contributed by atoms with Gasteiger partial charge in [-0.25, -0.2) is 4.79 Å². The van der Waals surface area contributed by atoms with Crippen molar-refractivity contribution in [1.29, 1.82) is 0 Å². The first-order valence-electron chi connectivity index (χ1n) is 10.5. The van der Waals surface area contributed by atoms with Gasteiger partial charge in [0.15, 0.2) is 0 Å². The van der Waals surface area contributed by atoms with Gasteiger partial charge in [-0.15, -0.1) is 0 Å². The molecule has 1 aliphatic heterocycles. The minimum absolute atomic E-state index is 0.0676. The first-order chi connectivity index (χ1) is 13.8. The second kappa shape index (κ2) is 9.20. The summed E-state index contributed by atoms with van der Waals surface area (Å²) in [5, 5.41) is 6.16. The molecule has 1 saturated carbocycles. The first kappa shape index (κ1) is 18.9. The smallest absolute Gasteiger partial charge is 0.315 e. The van der Waals surface area contributed by atoms with Crippen molar-refractivity contribution in [3.05, 3.63) is 54.4 Å². The van der Waals surface area contributed by atoms with Gasteiger partial charge in [-0.2, -0.15) is 0 Å². The number of nitrogens with one attached hydrogen (secondary N) is 2. The zero-order valence-electron chi connectivity index (χ0n) is 16.4. The summed E-state index contributed by atoms with van der Waals surface area (Å²) in [5.74, 6) is 0.875. The Balaban J connectivity index is 1.23. The molecule has 2 aromatic rings. The van der Waals surface area contributed by atoms with Gasteiger partial charge in [0.05, 0.1) is 0 Å². The lowest BCUT2D eigenvalue weighted by Crippen LogP contribution is -2.43. The van der Waals surface area contributed by atoms with Crippen molar-refractivity contribution < 1.29 is 4.79 Å². The van der Waals surface area contributed by atoms with E-state index in [-0.39, 0.29) is 12.1 Å². The summed E-state index contributed by atoms with van der Waals surface area (Å²) in [6.07, 6.45) is 10.2. The van der Waals surface area contributed by atoms with Crippen LogP contribution in [0.5, 0.6) is 0 Å². The van der Waals surface area contributed by atoms with Crippen LogP contribution in [0.1, 0.15) is 37.7 Å². The highest BCUT2D eigenvalue weighted by Crippen LogP contribution is 2.26. The molecule has 1 aliphatic carbocycles. The van der Waals surface area contributed by atoms with Crippen molar-refractivity contribution >= 4 is 6.03 Å². The largest absolute Gasteiger partial charge is 0.334 e. The van der Waals surface area contributed by atoms with E-state index in [4.69, 9.17) is 0 Å². The summed E-state index contributed by atoms with van der Waals surface area (Å²) in [6.45, 7) is 3.84. The number of benzene rings is 1.